The van der Waals surface area contributed by atoms with Gasteiger partial charge in [-0.05, 0) is 30.7 Å². The number of pyridine rings is 1. The molecule has 0 saturated heterocycles. The standard InChI is InChI=1S/C19H19F3N2O4/c1-12(13-3-5-15-16(9-13)28-8-2-7-27-15)23-17(25)11-24-10-14(19(20,21)22)4-6-18(24)26/h3-6,9-10,12H,2,7-8,11H2,1H3,(H,23,25). The maximum Gasteiger partial charge on any atom is 0.417 e. The Hall–Kier alpha value is -2.97. The number of ether oxygens (including phenoxy) is 2. The van der Waals surface area contributed by atoms with Gasteiger partial charge in [0.2, 0.25) is 5.91 Å². The van der Waals surface area contributed by atoms with E-state index in [1.807, 2.05) is 0 Å². The fourth-order valence-electron chi connectivity index (χ4n) is 2.80. The molecule has 0 aliphatic carbocycles. The third-order valence-corrected chi connectivity index (χ3v) is 4.27. The number of alkyl halides is 3. The molecule has 1 aromatic heterocycles. The highest BCUT2D eigenvalue weighted by atomic mass is 19.4. The zero-order valence-electron chi connectivity index (χ0n) is 15.1. The molecule has 1 aromatic carbocycles. The largest absolute Gasteiger partial charge is 0.490 e. The summed E-state index contributed by atoms with van der Waals surface area (Å²) in [6.45, 7) is 2.30. The molecule has 1 aliphatic rings. The van der Waals surface area contributed by atoms with Crippen molar-refractivity contribution < 1.29 is 27.4 Å². The molecule has 0 spiro atoms. The van der Waals surface area contributed by atoms with E-state index in [1.165, 1.54) is 0 Å². The van der Waals surface area contributed by atoms with Gasteiger partial charge < -0.3 is 19.4 Å². The van der Waals surface area contributed by atoms with Gasteiger partial charge in [0.05, 0.1) is 24.8 Å². The number of benzene rings is 1. The highest BCUT2D eigenvalue weighted by Gasteiger charge is 2.31. The van der Waals surface area contributed by atoms with E-state index >= 15 is 0 Å². The first-order valence-corrected chi connectivity index (χ1v) is 8.70. The summed E-state index contributed by atoms with van der Waals surface area (Å²) in [5, 5.41) is 2.68. The van der Waals surface area contributed by atoms with E-state index in [0.717, 1.165) is 22.6 Å². The molecule has 0 radical (unpaired) electrons. The summed E-state index contributed by atoms with van der Waals surface area (Å²) in [4.78, 5) is 24.0. The number of carbonyl (C=O) groups excluding carboxylic acids is 1. The third kappa shape index (κ3) is 4.65. The Morgan fingerprint density at radius 3 is 2.61 bits per heavy atom. The van der Waals surface area contributed by atoms with Gasteiger partial charge in [0.15, 0.2) is 11.5 Å². The van der Waals surface area contributed by atoms with Gasteiger partial charge in [-0.2, -0.15) is 13.2 Å². The molecule has 1 aliphatic heterocycles. The van der Waals surface area contributed by atoms with Crippen LogP contribution in [0, 0.1) is 0 Å². The van der Waals surface area contributed by atoms with Crippen LogP contribution in [-0.4, -0.2) is 23.7 Å². The predicted molar refractivity (Wildman–Crippen MR) is 94.3 cm³/mol. The quantitative estimate of drug-likeness (QED) is 0.863. The van der Waals surface area contributed by atoms with Crippen molar-refractivity contribution in [3.8, 4) is 11.5 Å². The molecule has 3 rings (SSSR count). The molecule has 1 unspecified atom stereocenters. The SMILES string of the molecule is CC(NC(=O)Cn1cc(C(F)(F)F)ccc1=O)c1ccc2c(c1)OCCCO2. The van der Waals surface area contributed by atoms with Crippen LogP contribution in [0.15, 0.2) is 41.3 Å². The van der Waals surface area contributed by atoms with Gasteiger partial charge in [0.1, 0.15) is 6.54 Å². The summed E-state index contributed by atoms with van der Waals surface area (Å²) in [7, 11) is 0. The Kier molecular flexibility index (Phi) is 5.62. The lowest BCUT2D eigenvalue weighted by molar-refractivity contribution is -0.138. The smallest absolute Gasteiger partial charge is 0.417 e. The summed E-state index contributed by atoms with van der Waals surface area (Å²) in [5.74, 6) is 0.613. The minimum atomic E-state index is -4.59. The number of halogens is 3. The average Bonchev–Trinajstić information content (AvgIpc) is 2.87. The first kappa shape index (κ1) is 19.8. The van der Waals surface area contributed by atoms with Crippen LogP contribution < -0.4 is 20.3 Å². The number of hydrogen-bond acceptors (Lipinski definition) is 4. The lowest BCUT2D eigenvalue weighted by Crippen LogP contribution is -2.34. The van der Waals surface area contributed by atoms with Crippen LogP contribution in [0.4, 0.5) is 13.2 Å². The third-order valence-electron chi connectivity index (χ3n) is 4.27. The normalized spacial score (nSPS) is 14.9. The number of rotatable bonds is 4. The summed E-state index contributed by atoms with van der Waals surface area (Å²) in [6.07, 6.45) is -3.19. The van der Waals surface area contributed by atoms with Gasteiger partial charge in [0.25, 0.3) is 5.56 Å². The Morgan fingerprint density at radius 2 is 1.89 bits per heavy atom. The Balaban J connectivity index is 1.70. The second kappa shape index (κ2) is 7.95. The van der Waals surface area contributed by atoms with Gasteiger partial charge in [-0.3, -0.25) is 9.59 Å². The van der Waals surface area contributed by atoms with E-state index in [2.05, 4.69) is 5.32 Å². The van der Waals surface area contributed by atoms with E-state index in [1.54, 1.807) is 25.1 Å². The molecule has 1 amide bonds. The van der Waals surface area contributed by atoms with Crippen molar-refractivity contribution in [3.05, 3.63) is 58.0 Å². The van der Waals surface area contributed by atoms with Crippen LogP contribution in [0.5, 0.6) is 11.5 Å². The number of nitrogens with zero attached hydrogens (tertiary/aromatic N) is 1. The lowest BCUT2D eigenvalue weighted by atomic mass is 10.1. The maximum absolute atomic E-state index is 12.8. The highest BCUT2D eigenvalue weighted by Crippen LogP contribution is 2.32. The monoisotopic (exact) mass is 396 g/mol. The van der Waals surface area contributed by atoms with E-state index in [9.17, 15) is 22.8 Å². The molecule has 0 fully saturated rings. The molecule has 0 bridgehead atoms. The summed E-state index contributed by atoms with van der Waals surface area (Å²) in [5.41, 5.74) is -0.934. The lowest BCUT2D eigenvalue weighted by Gasteiger charge is -2.17. The van der Waals surface area contributed by atoms with Crippen molar-refractivity contribution in [1.82, 2.24) is 9.88 Å². The average molecular weight is 396 g/mol. The number of nitrogens with one attached hydrogen (secondary N) is 1. The molecule has 9 heteroatoms. The van der Waals surface area contributed by atoms with Gasteiger partial charge in [-0.15, -0.1) is 0 Å². The van der Waals surface area contributed by atoms with Crippen LogP contribution >= 0.6 is 0 Å². The van der Waals surface area contributed by atoms with Gasteiger partial charge in [-0.1, -0.05) is 6.07 Å². The van der Waals surface area contributed by atoms with Crippen molar-refractivity contribution in [2.45, 2.75) is 32.1 Å². The van der Waals surface area contributed by atoms with Gasteiger partial charge in [0, 0.05) is 18.7 Å². The number of fused-ring (bicyclic) bond motifs is 1. The second-order valence-electron chi connectivity index (χ2n) is 6.43. The fraction of sp³-hybridized carbons (Fsp3) is 0.368. The fourth-order valence-corrected chi connectivity index (χ4v) is 2.80. The van der Waals surface area contributed by atoms with Crippen molar-refractivity contribution in [2.24, 2.45) is 0 Å². The number of carbonyl (C=O) groups is 1. The topological polar surface area (TPSA) is 69.6 Å². The van der Waals surface area contributed by atoms with Crippen LogP contribution in [0.2, 0.25) is 0 Å². The minimum absolute atomic E-state index is 0.439. The highest BCUT2D eigenvalue weighted by molar-refractivity contribution is 5.76. The zero-order chi connectivity index (χ0) is 20.3. The summed E-state index contributed by atoms with van der Waals surface area (Å²) >= 11 is 0. The van der Waals surface area contributed by atoms with Crippen molar-refractivity contribution in [2.75, 3.05) is 13.2 Å². The molecule has 6 nitrogen and oxygen atoms in total. The van der Waals surface area contributed by atoms with Crippen LogP contribution in [-0.2, 0) is 17.5 Å². The molecule has 150 valence electrons. The number of aromatic nitrogens is 1. The van der Waals surface area contributed by atoms with Crippen molar-refractivity contribution in [3.63, 3.8) is 0 Å². The predicted octanol–water partition coefficient (Wildman–Crippen LogP) is 2.91. The number of amides is 1. The van der Waals surface area contributed by atoms with Crippen LogP contribution in [0.3, 0.4) is 0 Å². The van der Waals surface area contributed by atoms with Crippen molar-refractivity contribution >= 4 is 5.91 Å². The van der Waals surface area contributed by atoms with E-state index in [-0.39, 0.29) is 0 Å². The van der Waals surface area contributed by atoms with Gasteiger partial charge in [-0.25, -0.2) is 0 Å². The summed E-state index contributed by atoms with van der Waals surface area (Å²) in [6, 6.07) is 6.32. The molecule has 0 saturated carbocycles. The van der Waals surface area contributed by atoms with Crippen LogP contribution in [0.25, 0.3) is 0 Å². The molecular weight excluding hydrogens is 377 g/mol. The molecule has 1 N–H and O–H groups in total. The second-order valence-corrected chi connectivity index (χ2v) is 6.43. The summed E-state index contributed by atoms with van der Waals surface area (Å²) < 4.78 is 50.3. The molecule has 2 heterocycles. The molecular formula is C19H19F3N2O4. The minimum Gasteiger partial charge on any atom is -0.490 e. The van der Waals surface area contributed by atoms with E-state index < -0.39 is 35.8 Å². The van der Waals surface area contributed by atoms with E-state index in [4.69, 9.17) is 9.47 Å². The molecule has 28 heavy (non-hydrogen) atoms. The Bertz CT molecular complexity index is 924. The maximum atomic E-state index is 12.8. The first-order valence-electron chi connectivity index (χ1n) is 8.70. The van der Waals surface area contributed by atoms with E-state index in [0.29, 0.717) is 37.0 Å². The zero-order valence-corrected chi connectivity index (χ0v) is 15.1. The van der Waals surface area contributed by atoms with Crippen LogP contribution in [0.1, 0.15) is 30.5 Å². The van der Waals surface area contributed by atoms with Crippen molar-refractivity contribution in [1.29, 1.82) is 0 Å². The molecule has 1 atom stereocenters. The first-order chi connectivity index (χ1) is 13.2. The number of hydrogen-bond donors (Lipinski definition) is 1. The molecule has 2 aromatic rings. The Morgan fingerprint density at radius 1 is 1.18 bits per heavy atom. The Labute approximate surface area is 158 Å². The van der Waals surface area contributed by atoms with Gasteiger partial charge >= 0.3 is 6.18 Å².